The van der Waals surface area contributed by atoms with Crippen LogP contribution in [0.4, 0.5) is 0 Å². The van der Waals surface area contributed by atoms with E-state index in [0.717, 1.165) is 25.0 Å². The molecule has 0 unspecified atom stereocenters. The Balaban J connectivity index is 1.55. The van der Waals surface area contributed by atoms with Gasteiger partial charge >= 0.3 is 5.97 Å². The Morgan fingerprint density at radius 1 is 1.16 bits per heavy atom. The molecular formula is C20H29NO4. The third-order valence-corrected chi connectivity index (χ3v) is 4.64. The maximum absolute atomic E-state index is 11.9. The van der Waals surface area contributed by atoms with Gasteiger partial charge in [0.2, 0.25) is 0 Å². The van der Waals surface area contributed by atoms with Crippen LogP contribution < -0.4 is 10.1 Å². The van der Waals surface area contributed by atoms with Crippen LogP contribution in [0.15, 0.2) is 24.3 Å². The van der Waals surface area contributed by atoms with Crippen LogP contribution in [0, 0.1) is 12.8 Å². The summed E-state index contributed by atoms with van der Waals surface area (Å²) in [7, 11) is 0. The average molecular weight is 347 g/mol. The number of rotatable bonds is 8. The number of nitrogens with one attached hydrogen (secondary N) is 1. The molecule has 5 nitrogen and oxygen atoms in total. The summed E-state index contributed by atoms with van der Waals surface area (Å²) in [6, 6.07) is 7.99. The topological polar surface area (TPSA) is 64.6 Å². The minimum Gasteiger partial charge on any atom is -0.494 e. The zero-order chi connectivity index (χ0) is 18.1. The quantitative estimate of drug-likeness (QED) is 0.578. The molecule has 0 bridgehead atoms. The summed E-state index contributed by atoms with van der Waals surface area (Å²) in [5, 5.41) is 2.98. The van der Waals surface area contributed by atoms with Crippen LogP contribution >= 0.6 is 0 Å². The fraction of sp³-hybridized carbons (Fsp3) is 0.600. The van der Waals surface area contributed by atoms with E-state index in [4.69, 9.17) is 9.47 Å². The van der Waals surface area contributed by atoms with Crippen molar-refractivity contribution in [2.24, 2.45) is 5.92 Å². The molecule has 0 aromatic heterocycles. The summed E-state index contributed by atoms with van der Waals surface area (Å²) >= 11 is 0. The molecule has 5 heteroatoms. The second-order valence-corrected chi connectivity index (χ2v) is 6.86. The number of hydrogen-bond donors (Lipinski definition) is 1. The largest absolute Gasteiger partial charge is 0.494 e. The van der Waals surface area contributed by atoms with Gasteiger partial charge in [0.15, 0.2) is 6.61 Å². The van der Waals surface area contributed by atoms with Gasteiger partial charge in [-0.25, -0.2) is 0 Å². The molecule has 1 fully saturated rings. The van der Waals surface area contributed by atoms with Gasteiger partial charge in [-0.05, 0) is 44.2 Å². The first-order valence-corrected chi connectivity index (χ1v) is 9.19. The molecule has 0 heterocycles. The van der Waals surface area contributed by atoms with E-state index in [0.29, 0.717) is 18.9 Å². The van der Waals surface area contributed by atoms with Crippen molar-refractivity contribution in [2.45, 2.75) is 58.4 Å². The summed E-state index contributed by atoms with van der Waals surface area (Å²) in [5.41, 5.74) is 1.18. The summed E-state index contributed by atoms with van der Waals surface area (Å²) in [6.07, 6.45) is 5.35. The minimum absolute atomic E-state index is 0.194. The summed E-state index contributed by atoms with van der Waals surface area (Å²) in [4.78, 5) is 23.6. The van der Waals surface area contributed by atoms with Gasteiger partial charge in [-0.3, -0.25) is 9.59 Å². The normalized spacial score (nSPS) is 19.9. The molecule has 2 rings (SSSR count). The lowest BCUT2D eigenvalue weighted by Gasteiger charge is -2.29. The predicted molar refractivity (Wildman–Crippen MR) is 96.4 cm³/mol. The second-order valence-electron chi connectivity index (χ2n) is 6.86. The Bertz CT molecular complexity index is 555. The van der Waals surface area contributed by atoms with Gasteiger partial charge in [-0.1, -0.05) is 37.5 Å². The first kappa shape index (κ1) is 19.3. The van der Waals surface area contributed by atoms with Crippen LogP contribution in [-0.4, -0.2) is 31.1 Å². The molecule has 1 aromatic rings. The first-order chi connectivity index (χ1) is 12.0. The molecule has 0 radical (unpaired) electrons. The van der Waals surface area contributed by atoms with E-state index in [2.05, 4.69) is 12.2 Å². The maximum atomic E-state index is 11.9. The zero-order valence-electron chi connectivity index (χ0n) is 15.3. The Kier molecular flexibility index (Phi) is 7.76. The highest BCUT2D eigenvalue weighted by atomic mass is 16.5. The van der Waals surface area contributed by atoms with E-state index in [1.165, 1.54) is 12.0 Å². The highest BCUT2D eigenvalue weighted by Crippen LogP contribution is 2.23. The SMILES string of the molecule is Cc1ccc(OCCCC(=O)OCC(=O)N[C@H]2CCCC[C@@H]2C)cc1. The van der Waals surface area contributed by atoms with Gasteiger partial charge in [0.1, 0.15) is 5.75 Å². The monoisotopic (exact) mass is 347 g/mol. The Hall–Kier alpha value is -2.04. The van der Waals surface area contributed by atoms with Crippen LogP contribution in [-0.2, 0) is 14.3 Å². The predicted octanol–water partition coefficient (Wildman–Crippen LogP) is 3.39. The second kappa shape index (κ2) is 10.1. The van der Waals surface area contributed by atoms with Crippen LogP contribution in [0.25, 0.3) is 0 Å². The van der Waals surface area contributed by atoms with Gasteiger partial charge in [-0.2, -0.15) is 0 Å². The Labute approximate surface area is 150 Å². The molecule has 0 spiro atoms. The molecule has 0 aliphatic heterocycles. The first-order valence-electron chi connectivity index (χ1n) is 9.19. The molecule has 1 aromatic carbocycles. The summed E-state index contributed by atoms with van der Waals surface area (Å²) in [5.74, 6) is 0.717. The molecule has 1 aliphatic rings. The van der Waals surface area contributed by atoms with E-state index in [1.807, 2.05) is 31.2 Å². The van der Waals surface area contributed by atoms with Crippen molar-refractivity contribution in [2.75, 3.05) is 13.2 Å². The van der Waals surface area contributed by atoms with Crippen molar-refractivity contribution in [3.8, 4) is 5.75 Å². The van der Waals surface area contributed by atoms with Crippen molar-refractivity contribution < 1.29 is 19.1 Å². The fourth-order valence-corrected chi connectivity index (χ4v) is 3.04. The number of carbonyl (C=O) groups is 2. The number of amides is 1. The van der Waals surface area contributed by atoms with Crippen LogP contribution in [0.1, 0.15) is 51.0 Å². The molecule has 25 heavy (non-hydrogen) atoms. The lowest BCUT2D eigenvalue weighted by Crippen LogP contribution is -2.42. The molecule has 1 saturated carbocycles. The molecule has 138 valence electrons. The third kappa shape index (κ3) is 7.16. The van der Waals surface area contributed by atoms with E-state index < -0.39 is 0 Å². The lowest BCUT2D eigenvalue weighted by atomic mass is 9.86. The highest BCUT2D eigenvalue weighted by Gasteiger charge is 2.23. The van der Waals surface area contributed by atoms with Gasteiger partial charge < -0.3 is 14.8 Å². The van der Waals surface area contributed by atoms with Gasteiger partial charge in [0.25, 0.3) is 5.91 Å². The molecule has 2 atom stereocenters. The molecule has 1 aliphatic carbocycles. The number of hydrogen-bond acceptors (Lipinski definition) is 4. The number of ether oxygens (including phenoxy) is 2. The standard InChI is InChI=1S/C20H29NO4/c1-15-9-11-17(12-10-15)24-13-5-8-20(23)25-14-19(22)21-18-7-4-3-6-16(18)2/h9-12,16,18H,3-8,13-14H2,1-2H3,(H,21,22)/t16-,18-/m0/s1. The van der Waals surface area contributed by atoms with Crippen molar-refractivity contribution in [1.82, 2.24) is 5.32 Å². The van der Waals surface area contributed by atoms with Crippen molar-refractivity contribution in [1.29, 1.82) is 0 Å². The average Bonchev–Trinajstić information content (AvgIpc) is 2.60. The lowest BCUT2D eigenvalue weighted by molar-refractivity contribution is -0.149. The van der Waals surface area contributed by atoms with Crippen LogP contribution in [0.2, 0.25) is 0 Å². The minimum atomic E-state index is -0.362. The van der Waals surface area contributed by atoms with E-state index in [-0.39, 0.29) is 30.9 Å². The van der Waals surface area contributed by atoms with Crippen LogP contribution in [0.3, 0.4) is 0 Å². The molecule has 0 saturated heterocycles. The fourth-order valence-electron chi connectivity index (χ4n) is 3.04. The van der Waals surface area contributed by atoms with E-state index >= 15 is 0 Å². The third-order valence-electron chi connectivity index (χ3n) is 4.64. The van der Waals surface area contributed by atoms with Gasteiger partial charge in [0.05, 0.1) is 6.61 Å². The summed E-state index contributed by atoms with van der Waals surface area (Å²) < 4.78 is 10.6. The Morgan fingerprint density at radius 2 is 1.88 bits per heavy atom. The van der Waals surface area contributed by atoms with E-state index in [9.17, 15) is 9.59 Å². The zero-order valence-corrected chi connectivity index (χ0v) is 15.3. The van der Waals surface area contributed by atoms with Crippen LogP contribution in [0.5, 0.6) is 5.75 Å². The highest BCUT2D eigenvalue weighted by molar-refractivity contribution is 5.80. The van der Waals surface area contributed by atoms with Gasteiger partial charge in [0, 0.05) is 12.5 Å². The number of benzene rings is 1. The Morgan fingerprint density at radius 3 is 2.60 bits per heavy atom. The molecule has 1 amide bonds. The maximum Gasteiger partial charge on any atom is 0.306 e. The molecule has 1 N–H and O–H groups in total. The number of esters is 1. The van der Waals surface area contributed by atoms with E-state index in [1.54, 1.807) is 0 Å². The number of aryl methyl sites for hydroxylation is 1. The smallest absolute Gasteiger partial charge is 0.306 e. The van der Waals surface area contributed by atoms with Crippen molar-refractivity contribution >= 4 is 11.9 Å². The van der Waals surface area contributed by atoms with Crippen molar-refractivity contribution in [3.05, 3.63) is 29.8 Å². The van der Waals surface area contributed by atoms with Gasteiger partial charge in [-0.15, -0.1) is 0 Å². The summed E-state index contributed by atoms with van der Waals surface area (Å²) in [6.45, 7) is 4.43. The number of carbonyl (C=O) groups excluding carboxylic acids is 2. The molecular weight excluding hydrogens is 318 g/mol. The van der Waals surface area contributed by atoms with Crippen molar-refractivity contribution in [3.63, 3.8) is 0 Å².